The first-order valence-corrected chi connectivity index (χ1v) is 9.82. The molecule has 1 atom stereocenters. The third-order valence-corrected chi connectivity index (χ3v) is 5.54. The lowest BCUT2D eigenvalue weighted by molar-refractivity contribution is -0.150. The normalized spacial score (nSPS) is 14.9. The van der Waals surface area contributed by atoms with Gasteiger partial charge >= 0.3 is 5.97 Å². The summed E-state index contributed by atoms with van der Waals surface area (Å²) in [5, 5.41) is 3.25. The quantitative estimate of drug-likeness (QED) is 0.601. The zero-order chi connectivity index (χ0) is 18.4. The van der Waals surface area contributed by atoms with E-state index in [1.807, 2.05) is 13.0 Å². The van der Waals surface area contributed by atoms with Gasteiger partial charge in [-0.15, -0.1) is 0 Å². The molecule has 0 aromatic heterocycles. The molecule has 25 heavy (non-hydrogen) atoms. The van der Waals surface area contributed by atoms with Gasteiger partial charge in [-0.25, -0.2) is 0 Å². The molecule has 1 fully saturated rings. The Bertz CT molecular complexity index is 663. The molecule has 5 nitrogen and oxygen atoms in total. The van der Waals surface area contributed by atoms with Gasteiger partial charge in [0.25, 0.3) is 5.91 Å². The van der Waals surface area contributed by atoms with Crippen molar-refractivity contribution in [2.75, 3.05) is 24.2 Å². The number of benzene rings is 1. The van der Waals surface area contributed by atoms with Crippen LogP contribution in [0.4, 0.5) is 5.69 Å². The zero-order valence-electron chi connectivity index (χ0n) is 14.2. The van der Waals surface area contributed by atoms with E-state index in [4.69, 9.17) is 28.6 Å². The fraction of sp³-hybridized carbons (Fsp3) is 0.471. The molecule has 0 radical (unpaired) electrons. The zero-order valence-corrected chi connectivity index (χ0v) is 16.6. The van der Waals surface area contributed by atoms with Crippen molar-refractivity contribution in [2.45, 2.75) is 32.8 Å². The van der Waals surface area contributed by atoms with E-state index in [1.165, 1.54) is 18.7 Å². The smallest absolute Gasteiger partial charge is 0.317 e. The summed E-state index contributed by atoms with van der Waals surface area (Å²) in [5.74, 6) is -0.758. The van der Waals surface area contributed by atoms with Crippen LogP contribution in [0.2, 0.25) is 5.02 Å². The Morgan fingerprint density at radius 2 is 2.08 bits per heavy atom. The van der Waals surface area contributed by atoms with Crippen molar-refractivity contribution < 1.29 is 14.3 Å². The molecule has 1 aromatic rings. The number of rotatable bonds is 5. The van der Waals surface area contributed by atoms with Gasteiger partial charge in [0.05, 0.1) is 5.75 Å². The van der Waals surface area contributed by atoms with Crippen molar-refractivity contribution in [2.24, 2.45) is 0 Å². The summed E-state index contributed by atoms with van der Waals surface area (Å²) in [6.07, 6.45) is 1.36. The van der Waals surface area contributed by atoms with Crippen LogP contribution < -0.4 is 5.32 Å². The summed E-state index contributed by atoms with van der Waals surface area (Å²) in [4.78, 5) is 26.2. The molecular weight excluding hydrogens is 380 g/mol. The number of hydrogen-bond donors (Lipinski definition) is 1. The lowest BCUT2D eigenvalue weighted by Gasteiger charge is -2.18. The highest BCUT2D eigenvalue weighted by Gasteiger charge is 2.21. The van der Waals surface area contributed by atoms with Crippen LogP contribution in [0.3, 0.4) is 0 Å². The monoisotopic (exact) mass is 400 g/mol. The molecule has 1 aromatic carbocycles. The van der Waals surface area contributed by atoms with E-state index in [1.54, 1.807) is 12.1 Å². The first-order chi connectivity index (χ1) is 11.9. The maximum atomic E-state index is 12.2. The molecule has 0 spiro atoms. The third-order valence-electron chi connectivity index (χ3n) is 3.81. The molecule has 1 N–H and O–H groups in total. The minimum atomic E-state index is -0.896. The predicted molar refractivity (Wildman–Crippen MR) is 106 cm³/mol. The number of aryl methyl sites for hydroxylation is 1. The van der Waals surface area contributed by atoms with E-state index in [9.17, 15) is 9.59 Å². The second-order valence-corrected chi connectivity index (χ2v) is 7.87. The fourth-order valence-corrected chi connectivity index (χ4v) is 3.57. The molecule has 0 bridgehead atoms. The minimum absolute atomic E-state index is 0.100. The number of halogens is 1. The maximum absolute atomic E-state index is 12.2. The number of thioether (sulfide) groups is 1. The number of hydrogen-bond acceptors (Lipinski definition) is 5. The van der Waals surface area contributed by atoms with Crippen LogP contribution in [0.1, 0.15) is 25.3 Å². The molecule has 0 saturated carbocycles. The summed E-state index contributed by atoms with van der Waals surface area (Å²) in [6.45, 7) is 5.28. The highest BCUT2D eigenvalue weighted by molar-refractivity contribution is 8.23. The first-order valence-electron chi connectivity index (χ1n) is 8.05. The number of carbonyl (C=O) groups is 2. The number of nitrogens with one attached hydrogen (secondary N) is 1. The molecule has 1 heterocycles. The molecule has 2 rings (SSSR count). The number of ether oxygens (including phenoxy) is 1. The van der Waals surface area contributed by atoms with Crippen LogP contribution in [-0.2, 0) is 14.3 Å². The highest BCUT2D eigenvalue weighted by atomic mass is 35.5. The Hall–Kier alpha value is -1.31. The second-order valence-electron chi connectivity index (χ2n) is 5.83. The van der Waals surface area contributed by atoms with Crippen LogP contribution in [-0.4, -0.2) is 46.0 Å². The minimum Gasteiger partial charge on any atom is -0.452 e. The molecule has 1 saturated heterocycles. The molecule has 1 aliphatic rings. The molecule has 0 aliphatic carbocycles. The van der Waals surface area contributed by atoms with Gasteiger partial charge in [0.1, 0.15) is 4.32 Å². The Morgan fingerprint density at radius 3 is 2.76 bits per heavy atom. The second kappa shape index (κ2) is 9.40. The van der Waals surface area contributed by atoms with Gasteiger partial charge in [0.15, 0.2) is 6.10 Å². The Kier molecular flexibility index (Phi) is 7.53. The topological polar surface area (TPSA) is 58.6 Å². The van der Waals surface area contributed by atoms with E-state index in [-0.39, 0.29) is 5.75 Å². The van der Waals surface area contributed by atoms with Crippen molar-refractivity contribution in [3.8, 4) is 0 Å². The summed E-state index contributed by atoms with van der Waals surface area (Å²) in [6, 6.07) is 5.22. The van der Waals surface area contributed by atoms with Crippen molar-refractivity contribution in [1.29, 1.82) is 0 Å². The van der Waals surface area contributed by atoms with Gasteiger partial charge in [-0.3, -0.25) is 9.59 Å². The number of carbonyl (C=O) groups excluding carboxylic acids is 2. The van der Waals surface area contributed by atoms with Gasteiger partial charge in [-0.1, -0.05) is 41.6 Å². The Morgan fingerprint density at radius 1 is 1.40 bits per heavy atom. The van der Waals surface area contributed by atoms with Crippen molar-refractivity contribution >= 4 is 57.5 Å². The Balaban J connectivity index is 1.78. The summed E-state index contributed by atoms with van der Waals surface area (Å²) < 4.78 is 5.89. The van der Waals surface area contributed by atoms with Gasteiger partial charge in [0, 0.05) is 23.8 Å². The van der Waals surface area contributed by atoms with Crippen LogP contribution >= 0.6 is 35.6 Å². The SMILES string of the molecule is Cc1ccc(Cl)cc1NC(=O)[C@H](C)OC(=O)CSC(=S)N1CCCC1. The fourth-order valence-electron chi connectivity index (χ4n) is 2.36. The molecule has 1 aliphatic heterocycles. The number of thiocarbonyl (C=S) groups is 1. The number of amides is 1. The van der Waals surface area contributed by atoms with Gasteiger partial charge in [-0.05, 0) is 44.4 Å². The van der Waals surface area contributed by atoms with Crippen LogP contribution in [0.5, 0.6) is 0 Å². The van der Waals surface area contributed by atoms with E-state index in [0.29, 0.717) is 15.0 Å². The number of esters is 1. The average molecular weight is 401 g/mol. The Labute approximate surface area is 162 Å². The predicted octanol–water partition coefficient (Wildman–Crippen LogP) is 3.63. The van der Waals surface area contributed by atoms with Crippen LogP contribution in [0.25, 0.3) is 0 Å². The van der Waals surface area contributed by atoms with Gasteiger partial charge in [-0.2, -0.15) is 0 Å². The van der Waals surface area contributed by atoms with Crippen molar-refractivity contribution in [3.05, 3.63) is 28.8 Å². The summed E-state index contributed by atoms with van der Waals surface area (Å²) >= 11 is 12.5. The lowest BCUT2D eigenvalue weighted by Crippen LogP contribution is -2.31. The van der Waals surface area contributed by atoms with Gasteiger partial charge in [0.2, 0.25) is 0 Å². The number of anilines is 1. The number of likely N-dealkylation sites (tertiary alicyclic amines) is 1. The molecule has 136 valence electrons. The van der Waals surface area contributed by atoms with Gasteiger partial charge < -0.3 is 15.0 Å². The van der Waals surface area contributed by atoms with E-state index in [0.717, 1.165) is 31.5 Å². The third kappa shape index (κ3) is 6.17. The van der Waals surface area contributed by atoms with E-state index >= 15 is 0 Å². The largest absolute Gasteiger partial charge is 0.452 e. The molecule has 8 heteroatoms. The van der Waals surface area contributed by atoms with Crippen LogP contribution in [0, 0.1) is 6.92 Å². The van der Waals surface area contributed by atoms with Crippen molar-refractivity contribution in [1.82, 2.24) is 4.90 Å². The molecular formula is C17H21ClN2O3S2. The summed E-state index contributed by atoms with van der Waals surface area (Å²) in [7, 11) is 0. The summed E-state index contributed by atoms with van der Waals surface area (Å²) in [5.41, 5.74) is 1.48. The van der Waals surface area contributed by atoms with Crippen molar-refractivity contribution in [3.63, 3.8) is 0 Å². The number of nitrogens with zero attached hydrogens (tertiary/aromatic N) is 1. The van der Waals surface area contributed by atoms with E-state index in [2.05, 4.69) is 10.2 Å². The first kappa shape index (κ1) is 20.0. The maximum Gasteiger partial charge on any atom is 0.317 e. The lowest BCUT2D eigenvalue weighted by atomic mass is 10.2. The van der Waals surface area contributed by atoms with E-state index < -0.39 is 18.0 Å². The molecule has 0 unspecified atom stereocenters. The average Bonchev–Trinajstić information content (AvgIpc) is 3.10. The molecule has 1 amide bonds. The van der Waals surface area contributed by atoms with Crippen LogP contribution in [0.15, 0.2) is 18.2 Å². The standard InChI is InChI=1S/C17H21ClN2O3S2/c1-11-5-6-13(18)9-14(11)19-16(22)12(2)23-15(21)10-25-17(24)20-7-3-4-8-20/h5-6,9,12H,3-4,7-8,10H2,1-2H3,(H,19,22)/t12-/m0/s1. The highest BCUT2D eigenvalue weighted by Crippen LogP contribution is 2.21.